The van der Waals surface area contributed by atoms with Crippen molar-refractivity contribution < 1.29 is 9.90 Å². The van der Waals surface area contributed by atoms with E-state index in [9.17, 15) is 9.59 Å². The third-order valence-corrected chi connectivity index (χ3v) is 3.39. The summed E-state index contributed by atoms with van der Waals surface area (Å²) in [7, 11) is 0. The smallest absolute Gasteiger partial charge is 0.326 e. The van der Waals surface area contributed by atoms with Crippen LogP contribution in [0.4, 0.5) is 5.69 Å². The maximum atomic E-state index is 12.4. The molecule has 18 heavy (non-hydrogen) atoms. The van der Waals surface area contributed by atoms with Gasteiger partial charge >= 0.3 is 5.97 Å². The molecule has 0 aromatic carbocycles. The zero-order valence-electron chi connectivity index (χ0n) is 10.6. The summed E-state index contributed by atoms with van der Waals surface area (Å²) in [6.45, 7) is 5.31. The summed E-state index contributed by atoms with van der Waals surface area (Å²) in [6.07, 6.45) is 2.55. The zero-order valence-corrected chi connectivity index (χ0v) is 10.6. The Morgan fingerprint density at radius 1 is 1.56 bits per heavy atom. The number of carbonyl (C=O) groups is 1. The van der Waals surface area contributed by atoms with E-state index in [0.29, 0.717) is 37.4 Å². The lowest BCUT2D eigenvalue weighted by Crippen LogP contribution is -2.35. The topological polar surface area (TPSA) is 75.4 Å². The number of hydrogen-bond donors (Lipinski definition) is 1. The average Bonchev–Trinajstić information content (AvgIpc) is 2.78. The van der Waals surface area contributed by atoms with Crippen molar-refractivity contribution in [3.63, 3.8) is 0 Å². The molecule has 0 aliphatic carbocycles. The van der Waals surface area contributed by atoms with Crippen LogP contribution in [-0.4, -0.2) is 33.7 Å². The van der Waals surface area contributed by atoms with E-state index in [1.54, 1.807) is 6.20 Å². The number of aromatic nitrogens is 2. The Morgan fingerprint density at radius 3 is 2.78 bits per heavy atom. The van der Waals surface area contributed by atoms with E-state index in [1.807, 2.05) is 18.7 Å². The third kappa shape index (κ3) is 1.87. The van der Waals surface area contributed by atoms with Crippen molar-refractivity contribution in [3.8, 4) is 0 Å². The van der Waals surface area contributed by atoms with Gasteiger partial charge in [0.1, 0.15) is 17.6 Å². The number of fused-ring (bicyclic) bond motifs is 1. The van der Waals surface area contributed by atoms with Crippen molar-refractivity contribution in [2.45, 2.75) is 32.7 Å². The molecule has 0 radical (unpaired) electrons. The number of rotatable bonds is 4. The van der Waals surface area contributed by atoms with Gasteiger partial charge in [0, 0.05) is 19.5 Å². The maximum Gasteiger partial charge on any atom is 0.326 e. The molecule has 1 aliphatic heterocycles. The van der Waals surface area contributed by atoms with Gasteiger partial charge in [-0.1, -0.05) is 0 Å². The highest BCUT2D eigenvalue weighted by molar-refractivity contribution is 5.72. The van der Waals surface area contributed by atoms with Gasteiger partial charge in [0.2, 0.25) is 0 Å². The zero-order chi connectivity index (χ0) is 13.3. The van der Waals surface area contributed by atoms with Gasteiger partial charge in [0.15, 0.2) is 0 Å². The fraction of sp³-hybridized carbons (Fsp3) is 0.583. The molecule has 0 spiro atoms. The Kier molecular flexibility index (Phi) is 3.36. The molecule has 6 nitrogen and oxygen atoms in total. The average molecular weight is 251 g/mol. The molecule has 2 rings (SSSR count). The molecule has 1 unspecified atom stereocenters. The number of anilines is 1. The second kappa shape index (κ2) is 4.80. The van der Waals surface area contributed by atoms with Gasteiger partial charge in [-0.3, -0.25) is 9.36 Å². The van der Waals surface area contributed by atoms with Gasteiger partial charge in [0.05, 0.1) is 6.20 Å². The first-order valence-corrected chi connectivity index (χ1v) is 6.18. The predicted molar refractivity (Wildman–Crippen MR) is 67.1 cm³/mol. The molecule has 0 amide bonds. The molecule has 98 valence electrons. The molecule has 1 aliphatic rings. The minimum Gasteiger partial charge on any atom is -0.480 e. The van der Waals surface area contributed by atoms with Gasteiger partial charge in [-0.05, 0) is 20.3 Å². The van der Waals surface area contributed by atoms with Crippen molar-refractivity contribution in [1.29, 1.82) is 0 Å². The molecule has 1 aromatic rings. The summed E-state index contributed by atoms with van der Waals surface area (Å²) < 4.78 is 1.33. The largest absolute Gasteiger partial charge is 0.480 e. The monoisotopic (exact) mass is 251 g/mol. The van der Waals surface area contributed by atoms with Crippen LogP contribution in [0.25, 0.3) is 0 Å². The highest BCUT2D eigenvalue weighted by atomic mass is 16.4. The van der Waals surface area contributed by atoms with Crippen LogP contribution in [0.2, 0.25) is 0 Å². The molecular formula is C12H17N3O3. The summed E-state index contributed by atoms with van der Waals surface area (Å²) in [6, 6.07) is -0.768. The van der Waals surface area contributed by atoms with Crippen molar-refractivity contribution in [1.82, 2.24) is 9.55 Å². The normalized spacial score (nSPS) is 17.6. The maximum absolute atomic E-state index is 12.4. The van der Waals surface area contributed by atoms with Crippen LogP contribution in [0.5, 0.6) is 0 Å². The Labute approximate surface area is 105 Å². The number of aliphatic carboxylic acids is 1. The fourth-order valence-corrected chi connectivity index (χ4v) is 2.41. The second-order valence-electron chi connectivity index (χ2n) is 4.30. The Bertz CT molecular complexity index is 520. The highest BCUT2D eigenvalue weighted by Gasteiger charge is 2.31. The molecule has 0 saturated carbocycles. The Balaban J connectivity index is 2.53. The first kappa shape index (κ1) is 12.6. The molecular weight excluding hydrogens is 234 g/mol. The first-order valence-electron chi connectivity index (χ1n) is 6.18. The molecule has 1 aromatic heterocycles. The number of carboxylic acids is 1. The first-order chi connectivity index (χ1) is 8.60. The quantitative estimate of drug-likeness (QED) is 0.850. The van der Waals surface area contributed by atoms with Crippen molar-refractivity contribution in [2.24, 2.45) is 0 Å². The van der Waals surface area contributed by atoms with Gasteiger partial charge in [-0.25, -0.2) is 9.78 Å². The second-order valence-corrected chi connectivity index (χ2v) is 4.30. The van der Waals surface area contributed by atoms with Crippen LogP contribution in [0, 0.1) is 0 Å². The van der Waals surface area contributed by atoms with E-state index in [1.165, 1.54) is 4.57 Å². The van der Waals surface area contributed by atoms with Gasteiger partial charge in [0.25, 0.3) is 5.56 Å². The molecule has 2 heterocycles. The van der Waals surface area contributed by atoms with E-state index in [0.717, 1.165) is 0 Å². The van der Waals surface area contributed by atoms with E-state index in [-0.39, 0.29) is 5.56 Å². The van der Waals surface area contributed by atoms with E-state index >= 15 is 0 Å². The molecule has 0 saturated heterocycles. The number of hydrogen-bond acceptors (Lipinski definition) is 4. The number of carboxylic acid groups (broad SMARTS) is 1. The summed E-state index contributed by atoms with van der Waals surface area (Å²) >= 11 is 0. The Morgan fingerprint density at radius 2 is 2.22 bits per heavy atom. The summed E-state index contributed by atoms with van der Waals surface area (Å²) in [5.74, 6) is -0.391. The van der Waals surface area contributed by atoms with Crippen LogP contribution in [0.1, 0.15) is 32.1 Å². The predicted octanol–water partition coefficient (Wildman–Crippen LogP) is 0.661. The van der Waals surface area contributed by atoms with Crippen LogP contribution in [-0.2, 0) is 11.2 Å². The van der Waals surface area contributed by atoms with Crippen molar-refractivity contribution in [2.75, 3.05) is 18.0 Å². The molecule has 1 atom stereocenters. The van der Waals surface area contributed by atoms with Gasteiger partial charge < -0.3 is 10.0 Å². The lowest BCUT2D eigenvalue weighted by molar-refractivity contribution is -0.140. The summed E-state index contributed by atoms with van der Waals surface area (Å²) in [4.78, 5) is 29.6. The fourth-order valence-electron chi connectivity index (χ4n) is 2.41. The minimum absolute atomic E-state index is 0.242. The van der Waals surface area contributed by atoms with Crippen molar-refractivity contribution >= 4 is 11.7 Å². The lowest BCUT2D eigenvalue weighted by atomic mass is 10.2. The van der Waals surface area contributed by atoms with Crippen molar-refractivity contribution in [3.05, 3.63) is 22.4 Å². The van der Waals surface area contributed by atoms with Gasteiger partial charge in [-0.2, -0.15) is 0 Å². The number of aryl methyl sites for hydroxylation is 1. The van der Waals surface area contributed by atoms with E-state index in [4.69, 9.17) is 5.11 Å². The lowest BCUT2D eigenvalue weighted by Gasteiger charge is -2.21. The minimum atomic E-state index is -0.964. The standard InChI is InChI=1S/C12H17N3O3/c1-3-14(4-2)9-7-13-10-6-5-8(12(17)18)15(10)11(9)16/h7-8H,3-6H2,1-2H3,(H,17,18). The highest BCUT2D eigenvalue weighted by Crippen LogP contribution is 2.23. The van der Waals surface area contributed by atoms with Gasteiger partial charge in [-0.15, -0.1) is 0 Å². The molecule has 1 N–H and O–H groups in total. The SMILES string of the molecule is CCN(CC)c1cnc2n(c1=O)C(C(=O)O)CC2. The van der Waals surface area contributed by atoms with Crippen LogP contribution in [0.3, 0.4) is 0 Å². The van der Waals surface area contributed by atoms with Crippen LogP contribution >= 0.6 is 0 Å². The summed E-state index contributed by atoms with van der Waals surface area (Å²) in [5.41, 5.74) is 0.241. The van der Waals surface area contributed by atoms with Crippen LogP contribution < -0.4 is 10.5 Å². The molecule has 6 heteroatoms. The number of nitrogens with zero attached hydrogens (tertiary/aromatic N) is 3. The third-order valence-electron chi connectivity index (χ3n) is 3.39. The molecule has 0 fully saturated rings. The summed E-state index contributed by atoms with van der Waals surface area (Å²) in [5, 5.41) is 9.13. The molecule has 0 bridgehead atoms. The van der Waals surface area contributed by atoms with Crippen LogP contribution in [0.15, 0.2) is 11.0 Å². The van der Waals surface area contributed by atoms with E-state index < -0.39 is 12.0 Å². The van der Waals surface area contributed by atoms with E-state index in [2.05, 4.69) is 4.98 Å². The Hall–Kier alpha value is -1.85.